The molecule has 0 aliphatic carbocycles. The number of rotatable bonds is 68. The van der Waals surface area contributed by atoms with Crippen molar-refractivity contribution in [3.63, 3.8) is 0 Å². The molecule has 0 saturated carbocycles. The van der Waals surface area contributed by atoms with Crippen LogP contribution in [0.4, 0.5) is 0 Å². The van der Waals surface area contributed by atoms with E-state index in [1.165, 1.54) is 327 Å². The van der Waals surface area contributed by atoms with Gasteiger partial charge in [0.2, 0.25) is 5.91 Å². The van der Waals surface area contributed by atoms with Crippen LogP contribution in [-0.2, 0) is 14.3 Å². The van der Waals surface area contributed by atoms with Gasteiger partial charge in [0.25, 0.3) is 0 Å². The van der Waals surface area contributed by atoms with Gasteiger partial charge in [-0.05, 0) is 57.8 Å². The number of ether oxygens (including phenoxy) is 1. The zero-order valence-electron chi connectivity index (χ0n) is 53.6. The smallest absolute Gasteiger partial charge is 0.305 e. The van der Waals surface area contributed by atoms with Crippen LogP contribution in [-0.4, -0.2) is 47.4 Å². The normalized spacial score (nSPS) is 12.6. The zero-order chi connectivity index (χ0) is 57.1. The SMILES string of the molecule is CCCCCCCCCCCCCCC(O)C(CO)NC(=O)CCCCCCCCCCCCCCCCCCC/C=C\C/C=C\CCCCCCCCCCCCCCCCCOC(=O)CCCCCCCCCCCCC. The summed E-state index contributed by atoms with van der Waals surface area (Å²) < 4.78 is 5.48. The Hall–Kier alpha value is -1.66. The molecule has 0 aromatic carbocycles. The van der Waals surface area contributed by atoms with E-state index >= 15 is 0 Å². The molecule has 0 spiro atoms. The first-order valence-electron chi connectivity index (χ1n) is 36.1. The first-order valence-corrected chi connectivity index (χ1v) is 36.1. The van der Waals surface area contributed by atoms with Crippen molar-refractivity contribution in [1.82, 2.24) is 5.32 Å². The number of esters is 1. The van der Waals surface area contributed by atoms with Crippen molar-refractivity contribution in [2.45, 2.75) is 418 Å². The van der Waals surface area contributed by atoms with Crippen LogP contribution in [0.3, 0.4) is 0 Å². The second kappa shape index (κ2) is 68.8. The largest absolute Gasteiger partial charge is 0.466 e. The molecule has 79 heavy (non-hydrogen) atoms. The number of carbonyl (C=O) groups excluding carboxylic acids is 2. The number of allylic oxidation sites excluding steroid dienone is 4. The fourth-order valence-corrected chi connectivity index (χ4v) is 11.5. The second-order valence-electron chi connectivity index (χ2n) is 24.9. The highest BCUT2D eigenvalue weighted by molar-refractivity contribution is 5.76. The highest BCUT2D eigenvalue weighted by Crippen LogP contribution is 2.19. The number of hydrogen-bond acceptors (Lipinski definition) is 5. The minimum absolute atomic E-state index is 0.0205. The van der Waals surface area contributed by atoms with E-state index < -0.39 is 12.1 Å². The standard InChI is InChI=1S/C73H141NO5/c1-3-5-7-9-11-13-15-46-49-53-57-61-65-71(76)70(69-75)74-72(77)66-62-58-54-50-47-43-41-39-37-35-33-31-29-27-25-23-21-19-17-16-18-20-22-24-26-28-30-32-34-36-38-40-42-44-48-52-56-60-64-68-79-73(78)67-63-59-55-51-45-14-12-10-8-6-4-2/h16-17,20,22,70-71,75-76H,3-15,18-19,21,23-69H2,1-2H3,(H,74,77)/b17-16-,22-20-. The second-order valence-corrected chi connectivity index (χ2v) is 24.9. The van der Waals surface area contributed by atoms with E-state index in [-0.39, 0.29) is 18.5 Å². The van der Waals surface area contributed by atoms with Crippen LogP contribution in [0.15, 0.2) is 24.3 Å². The zero-order valence-corrected chi connectivity index (χ0v) is 53.6. The van der Waals surface area contributed by atoms with Crippen LogP contribution in [0.5, 0.6) is 0 Å². The molecule has 468 valence electrons. The van der Waals surface area contributed by atoms with Crippen molar-refractivity contribution in [2.24, 2.45) is 0 Å². The number of unbranched alkanes of at least 4 members (excludes halogenated alkanes) is 53. The summed E-state index contributed by atoms with van der Waals surface area (Å²) in [7, 11) is 0. The Bertz CT molecular complexity index is 1230. The first kappa shape index (κ1) is 77.3. The van der Waals surface area contributed by atoms with Gasteiger partial charge in [0.1, 0.15) is 0 Å². The molecule has 2 unspecified atom stereocenters. The van der Waals surface area contributed by atoms with Crippen molar-refractivity contribution in [1.29, 1.82) is 0 Å². The minimum atomic E-state index is -0.660. The Morgan fingerprint density at radius 3 is 0.962 bits per heavy atom. The third-order valence-electron chi connectivity index (χ3n) is 17.0. The average Bonchev–Trinajstić information content (AvgIpc) is 3.45. The number of aliphatic hydroxyl groups excluding tert-OH is 2. The molecule has 0 aliphatic rings. The lowest BCUT2D eigenvalue weighted by Gasteiger charge is -2.22. The molecule has 0 aromatic rings. The molecule has 0 aliphatic heterocycles. The Balaban J connectivity index is 3.33. The lowest BCUT2D eigenvalue weighted by Crippen LogP contribution is -2.45. The number of aliphatic hydroxyl groups is 2. The van der Waals surface area contributed by atoms with E-state index in [4.69, 9.17) is 4.74 Å². The summed E-state index contributed by atoms with van der Waals surface area (Å²) in [6.45, 7) is 4.98. The quantitative estimate of drug-likeness (QED) is 0.0320. The van der Waals surface area contributed by atoms with Gasteiger partial charge in [-0.15, -0.1) is 0 Å². The summed E-state index contributed by atoms with van der Waals surface area (Å²) in [5.41, 5.74) is 0. The highest BCUT2D eigenvalue weighted by Gasteiger charge is 2.20. The lowest BCUT2D eigenvalue weighted by atomic mass is 10.0. The molecule has 0 rings (SSSR count). The molecule has 0 saturated heterocycles. The monoisotopic (exact) mass is 1110 g/mol. The molecule has 2 atom stereocenters. The maximum atomic E-state index is 12.5. The Labute approximate surface area is 494 Å². The third kappa shape index (κ3) is 65.4. The molecule has 3 N–H and O–H groups in total. The van der Waals surface area contributed by atoms with Crippen molar-refractivity contribution in [2.75, 3.05) is 13.2 Å². The summed E-state index contributed by atoms with van der Waals surface area (Å²) in [4.78, 5) is 24.5. The molecule has 0 radical (unpaired) electrons. The van der Waals surface area contributed by atoms with E-state index in [0.717, 1.165) is 44.9 Å². The molecular weight excluding hydrogens is 971 g/mol. The molecule has 1 amide bonds. The lowest BCUT2D eigenvalue weighted by molar-refractivity contribution is -0.143. The van der Waals surface area contributed by atoms with E-state index in [1.54, 1.807) is 0 Å². The van der Waals surface area contributed by atoms with Crippen molar-refractivity contribution in [3.8, 4) is 0 Å². The van der Waals surface area contributed by atoms with Gasteiger partial charge < -0.3 is 20.3 Å². The van der Waals surface area contributed by atoms with Crippen LogP contribution in [0.25, 0.3) is 0 Å². The van der Waals surface area contributed by atoms with Gasteiger partial charge in [-0.1, -0.05) is 359 Å². The average molecular weight is 1110 g/mol. The van der Waals surface area contributed by atoms with E-state index in [0.29, 0.717) is 25.9 Å². The number of hydrogen-bond donors (Lipinski definition) is 3. The van der Waals surface area contributed by atoms with Gasteiger partial charge in [0, 0.05) is 12.8 Å². The third-order valence-corrected chi connectivity index (χ3v) is 17.0. The maximum Gasteiger partial charge on any atom is 0.305 e. The summed E-state index contributed by atoms with van der Waals surface area (Å²) in [6, 6.07) is -0.537. The van der Waals surface area contributed by atoms with Gasteiger partial charge >= 0.3 is 5.97 Å². The van der Waals surface area contributed by atoms with E-state index in [2.05, 4.69) is 43.5 Å². The van der Waals surface area contributed by atoms with Gasteiger partial charge in [0.05, 0.1) is 25.4 Å². The van der Waals surface area contributed by atoms with E-state index in [9.17, 15) is 19.8 Å². The van der Waals surface area contributed by atoms with Crippen LogP contribution in [0.2, 0.25) is 0 Å². The van der Waals surface area contributed by atoms with Crippen molar-refractivity contribution in [3.05, 3.63) is 24.3 Å². The molecule has 0 aromatic heterocycles. The van der Waals surface area contributed by atoms with Gasteiger partial charge in [-0.3, -0.25) is 9.59 Å². The predicted molar refractivity (Wildman–Crippen MR) is 347 cm³/mol. The number of nitrogens with one attached hydrogen (secondary N) is 1. The fraction of sp³-hybridized carbons (Fsp3) is 0.918. The van der Waals surface area contributed by atoms with Crippen molar-refractivity contribution < 1.29 is 24.5 Å². The molecule has 6 nitrogen and oxygen atoms in total. The predicted octanol–water partition coefficient (Wildman–Crippen LogP) is 23.3. The van der Waals surface area contributed by atoms with Crippen LogP contribution in [0, 0.1) is 0 Å². The molecule has 0 bridgehead atoms. The number of amides is 1. The van der Waals surface area contributed by atoms with Crippen LogP contribution >= 0.6 is 0 Å². The minimum Gasteiger partial charge on any atom is -0.466 e. The van der Waals surface area contributed by atoms with Crippen molar-refractivity contribution >= 4 is 11.9 Å². The Morgan fingerprint density at radius 2 is 0.633 bits per heavy atom. The summed E-state index contributed by atoms with van der Waals surface area (Å²) in [6.07, 6.45) is 86.8. The van der Waals surface area contributed by atoms with Gasteiger partial charge in [0.15, 0.2) is 0 Å². The van der Waals surface area contributed by atoms with Crippen LogP contribution in [0.1, 0.15) is 406 Å². The Morgan fingerprint density at radius 1 is 0.354 bits per heavy atom. The summed E-state index contributed by atoms with van der Waals surface area (Å²) in [5, 5.41) is 23.3. The topological polar surface area (TPSA) is 95.9 Å². The first-order chi connectivity index (χ1) is 39.0. The fourth-order valence-electron chi connectivity index (χ4n) is 11.5. The molecule has 6 heteroatoms. The number of carbonyl (C=O) groups is 2. The van der Waals surface area contributed by atoms with E-state index in [1.807, 2.05) is 0 Å². The van der Waals surface area contributed by atoms with Gasteiger partial charge in [-0.2, -0.15) is 0 Å². The maximum absolute atomic E-state index is 12.5. The highest BCUT2D eigenvalue weighted by atomic mass is 16.5. The molecular formula is C73H141NO5. The Kier molecular flexibility index (Phi) is 67.4. The summed E-state index contributed by atoms with van der Waals surface area (Å²) >= 11 is 0. The molecule has 0 heterocycles. The molecule has 0 fully saturated rings. The van der Waals surface area contributed by atoms with Crippen LogP contribution < -0.4 is 5.32 Å². The van der Waals surface area contributed by atoms with Gasteiger partial charge in [-0.25, -0.2) is 0 Å². The summed E-state index contributed by atoms with van der Waals surface area (Å²) in [5.74, 6) is -0.00976.